The van der Waals surface area contributed by atoms with Crippen LogP contribution in [-0.4, -0.2) is 57.0 Å². The van der Waals surface area contributed by atoms with Gasteiger partial charge in [0.05, 0.1) is 0 Å². The first-order valence-electron chi connectivity index (χ1n) is 15.7. The summed E-state index contributed by atoms with van der Waals surface area (Å²) in [6.45, 7) is 23.8. The second-order valence-electron chi connectivity index (χ2n) is 16.1. The third-order valence-corrected chi connectivity index (χ3v) is 10.8. The molecule has 0 amide bonds. The molecule has 3 rings (SSSR count). The first-order valence-corrected chi connectivity index (χ1v) is 17.2. The quantitative estimate of drug-likeness (QED) is 0.262. The molecular formula is C39H60CoN3. The number of hydrogen-bond acceptors (Lipinski definition) is 3. The summed E-state index contributed by atoms with van der Waals surface area (Å²) < 4.78 is 4.47. The van der Waals surface area contributed by atoms with E-state index in [0.717, 1.165) is 19.6 Å². The van der Waals surface area contributed by atoms with Gasteiger partial charge in [-0.05, 0) is 0 Å². The Labute approximate surface area is 269 Å². The van der Waals surface area contributed by atoms with E-state index in [2.05, 4.69) is 174 Å². The Morgan fingerprint density at radius 1 is 0.419 bits per heavy atom. The fourth-order valence-electron chi connectivity index (χ4n) is 5.16. The van der Waals surface area contributed by atoms with E-state index in [4.69, 9.17) is 0 Å². The molecule has 0 bridgehead atoms. The van der Waals surface area contributed by atoms with Crippen molar-refractivity contribution in [2.75, 3.05) is 42.3 Å². The molecule has 0 radical (unpaired) electrons. The van der Waals surface area contributed by atoms with Crippen LogP contribution in [0, 0.1) is 0 Å². The van der Waals surface area contributed by atoms with Gasteiger partial charge in [-0.15, -0.1) is 0 Å². The normalized spacial score (nSPS) is 13.4. The van der Waals surface area contributed by atoms with Gasteiger partial charge in [-0.25, -0.2) is 0 Å². The number of hydrogen-bond donors (Lipinski definition) is 0. The molecule has 0 fully saturated rings. The fourth-order valence-corrected chi connectivity index (χ4v) is 8.51. The van der Waals surface area contributed by atoms with Crippen LogP contribution >= 0.6 is 0 Å². The van der Waals surface area contributed by atoms with E-state index in [1.165, 1.54) is 46.9 Å². The molecule has 4 heteroatoms. The first kappa shape index (κ1) is 35.5. The molecule has 0 aromatic heterocycles. The van der Waals surface area contributed by atoms with Gasteiger partial charge in [0.2, 0.25) is 0 Å². The van der Waals surface area contributed by atoms with E-state index < -0.39 is 13.7 Å². The third kappa shape index (κ3) is 9.28. The third-order valence-electron chi connectivity index (χ3n) is 7.69. The second kappa shape index (κ2) is 13.6. The Balaban J connectivity index is 2.59. The van der Waals surface area contributed by atoms with E-state index in [9.17, 15) is 0 Å². The van der Waals surface area contributed by atoms with Crippen LogP contribution in [0.2, 0.25) is 0 Å². The summed E-state index contributed by atoms with van der Waals surface area (Å²) in [6, 6.07) is 22.1. The van der Waals surface area contributed by atoms with Crippen molar-refractivity contribution in [2.45, 2.75) is 98.2 Å². The van der Waals surface area contributed by atoms with Crippen LogP contribution in [0.5, 0.6) is 0 Å². The zero-order valence-electron chi connectivity index (χ0n) is 30.0. The average Bonchev–Trinajstić information content (AvgIpc) is 2.83. The van der Waals surface area contributed by atoms with E-state index in [0.29, 0.717) is 0 Å². The SMILES string of the molecule is CN(C)Cc1ccc(C(C)(C)C)c[c]1[Co]([c]1cc(C(C)(C)C)ccc1CN(C)C)[c]1cc(C(C)(C)C)ccc1CN(C)C. The van der Waals surface area contributed by atoms with Crippen molar-refractivity contribution >= 4 is 13.5 Å². The van der Waals surface area contributed by atoms with Crippen LogP contribution in [0.4, 0.5) is 0 Å². The summed E-state index contributed by atoms with van der Waals surface area (Å²) in [5, 5.41) is 0. The minimum atomic E-state index is -0.835. The number of nitrogens with zero attached hydrogens (tertiary/aromatic N) is 3. The van der Waals surface area contributed by atoms with Crippen LogP contribution in [0.1, 0.15) is 95.7 Å². The van der Waals surface area contributed by atoms with Crippen molar-refractivity contribution in [3.8, 4) is 0 Å². The molecule has 3 aromatic carbocycles. The zero-order chi connectivity index (χ0) is 32.5. The molecule has 0 saturated heterocycles. The van der Waals surface area contributed by atoms with Gasteiger partial charge < -0.3 is 0 Å². The van der Waals surface area contributed by atoms with Crippen LogP contribution < -0.4 is 13.5 Å². The average molecular weight is 630 g/mol. The molecule has 0 aliphatic rings. The number of rotatable bonds is 9. The maximum atomic E-state index is 2.57. The molecule has 0 unspecified atom stereocenters. The van der Waals surface area contributed by atoms with Gasteiger partial charge in [-0.3, -0.25) is 0 Å². The predicted molar refractivity (Wildman–Crippen MR) is 187 cm³/mol. The Bertz CT molecular complexity index is 1210. The van der Waals surface area contributed by atoms with Crippen molar-refractivity contribution in [1.29, 1.82) is 0 Å². The Kier molecular flexibility index (Phi) is 11.2. The van der Waals surface area contributed by atoms with Crippen molar-refractivity contribution in [2.24, 2.45) is 0 Å². The predicted octanol–water partition coefficient (Wildman–Crippen LogP) is 6.66. The fraction of sp³-hybridized carbons (Fsp3) is 0.538. The Morgan fingerprint density at radius 3 is 0.837 bits per heavy atom. The minimum absolute atomic E-state index is 0.0610. The molecule has 0 aliphatic heterocycles. The van der Waals surface area contributed by atoms with E-state index in [1.807, 2.05) is 0 Å². The molecule has 0 aliphatic carbocycles. The summed E-state index contributed by atoms with van der Waals surface area (Å²) in [5.41, 5.74) is 8.67. The molecule has 0 saturated carbocycles. The molecule has 3 aromatic rings. The van der Waals surface area contributed by atoms with Gasteiger partial charge in [-0.2, -0.15) is 0 Å². The second-order valence-corrected chi connectivity index (χ2v) is 18.5. The molecule has 43 heavy (non-hydrogen) atoms. The van der Waals surface area contributed by atoms with Crippen molar-refractivity contribution in [3.63, 3.8) is 0 Å². The molecule has 240 valence electrons. The van der Waals surface area contributed by atoms with Gasteiger partial charge in [0.15, 0.2) is 0 Å². The summed E-state index contributed by atoms with van der Waals surface area (Å²) in [4.78, 5) is 6.96. The van der Waals surface area contributed by atoms with Crippen molar-refractivity contribution < 1.29 is 13.7 Å². The van der Waals surface area contributed by atoms with E-state index >= 15 is 0 Å². The molecule has 0 heterocycles. The van der Waals surface area contributed by atoms with E-state index in [-0.39, 0.29) is 16.2 Å². The summed E-state index contributed by atoms with van der Waals surface area (Å²) in [5.74, 6) is 0. The molecule has 0 N–H and O–H groups in total. The Morgan fingerprint density at radius 2 is 0.651 bits per heavy atom. The first-order chi connectivity index (χ1) is 19.7. The van der Waals surface area contributed by atoms with Gasteiger partial charge in [0, 0.05) is 0 Å². The van der Waals surface area contributed by atoms with E-state index in [1.54, 1.807) is 0 Å². The summed E-state index contributed by atoms with van der Waals surface area (Å²) >= 11 is -0.835. The summed E-state index contributed by atoms with van der Waals surface area (Å²) in [6.07, 6.45) is 0. The zero-order valence-corrected chi connectivity index (χ0v) is 31.0. The topological polar surface area (TPSA) is 9.72 Å². The molecule has 0 atom stereocenters. The van der Waals surface area contributed by atoms with Gasteiger partial charge in [0.25, 0.3) is 0 Å². The van der Waals surface area contributed by atoms with Gasteiger partial charge >= 0.3 is 270 Å². The van der Waals surface area contributed by atoms with Crippen LogP contribution in [0.25, 0.3) is 0 Å². The number of benzene rings is 3. The van der Waals surface area contributed by atoms with Crippen LogP contribution in [-0.2, 0) is 49.5 Å². The standard InChI is InChI=1S/3C13H20N.Co/c3*1-13(2,3)12-8-6-11(7-9-12)10-14(4)5;/h3*6,8-9H,10H2,1-5H3;. The molecule has 3 nitrogen and oxygen atoms in total. The monoisotopic (exact) mass is 629 g/mol. The van der Waals surface area contributed by atoms with Crippen molar-refractivity contribution in [1.82, 2.24) is 14.7 Å². The van der Waals surface area contributed by atoms with Crippen LogP contribution in [0.15, 0.2) is 54.6 Å². The Hall–Kier alpha value is -1.95. The maximum absolute atomic E-state index is 2.57. The van der Waals surface area contributed by atoms with Gasteiger partial charge in [0.1, 0.15) is 0 Å². The van der Waals surface area contributed by atoms with Crippen molar-refractivity contribution in [3.05, 3.63) is 88.0 Å². The summed E-state index contributed by atoms with van der Waals surface area (Å²) in [7, 11) is 13.2. The van der Waals surface area contributed by atoms with Gasteiger partial charge in [-0.1, -0.05) is 0 Å². The molecule has 0 spiro atoms. The van der Waals surface area contributed by atoms with Crippen LogP contribution in [0.3, 0.4) is 0 Å². The molecular weight excluding hydrogens is 569 g/mol.